The Hall–Kier alpha value is -1.90. The predicted molar refractivity (Wildman–Crippen MR) is 68.1 cm³/mol. The van der Waals surface area contributed by atoms with Crippen LogP contribution in [0.5, 0.6) is 0 Å². The van der Waals surface area contributed by atoms with Crippen molar-refractivity contribution in [2.45, 2.75) is 26.3 Å². The Morgan fingerprint density at radius 1 is 1.24 bits per heavy atom. The number of aromatic nitrogens is 2. The van der Waals surface area contributed by atoms with Crippen LogP contribution in [0.25, 0.3) is 0 Å². The molecule has 17 heavy (non-hydrogen) atoms. The number of hydrogen-bond donors (Lipinski definition) is 0. The summed E-state index contributed by atoms with van der Waals surface area (Å²) in [7, 11) is 0. The van der Waals surface area contributed by atoms with Crippen molar-refractivity contribution in [3.8, 4) is 0 Å². The van der Waals surface area contributed by atoms with Crippen LogP contribution in [0.3, 0.4) is 0 Å². The van der Waals surface area contributed by atoms with Gasteiger partial charge < -0.3 is 0 Å². The van der Waals surface area contributed by atoms with Crippen LogP contribution >= 0.6 is 0 Å². The van der Waals surface area contributed by atoms with E-state index in [0.29, 0.717) is 12.5 Å². The summed E-state index contributed by atoms with van der Waals surface area (Å²) in [6.45, 7) is 4.63. The smallest absolute Gasteiger partial charge is 0.267 e. The lowest BCUT2D eigenvalue weighted by Crippen LogP contribution is -2.23. The molecule has 1 heterocycles. The number of nitrogens with zero attached hydrogens (tertiary/aromatic N) is 2. The average Bonchev–Trinajstić information content (AvgIpc) is 2.33. The van der Waals surface area contributed by atoms with Gasteiger partial charge in [-0.3, -0.25) is 4.79 Å². The SMILES string of the molecule is CC(C)c1cnn(Cc2ccccc2)c(=O)c1. The highest BCUT2D eigenvalue weighted by Gasteiger charge is 2.03. The standard InChI is InChI=1S/C14H16N2O/c1-11(2)13-8-14(17)16(15-9-13)10-12-6-4-3-5-7-12/h3-9,11H,10H2,1-2H3. The Morgan fingerprint density at radius 3 is 2.53 bits per heavy atom. The van der Waals surface area contributed by atoms with Gasteiger partial charge in [-0.15, -0.1) is 0 Å². The molecule has 0 N–H and O–H groups in total. The molecule has 2 rings (SSSR count). The summed E-state index contributed by atoms with van der Waals surface area (Å²) in [5.41, 5.74) is 2.03. The van der Waals surface area contributed by atoms with Gasteiger partial charge in [0.1, 0.15) is 0 Å². The van der Waals surface area contributed by atoms with Gasteiger partial charge >= 0.3 is 0 Å². The highest BCUT2D eigenvalue weighted by molar-refractivity contribution is 5.16. The van der Waals surface area contributed by atoms with Gasteiger partial charge in [-0.2, -0.15) is 5.10 Å². The van der Waals surface area contributed by atoms with Gasteiger partial charge in [0.25, 0.3) is 5.56 Å². The molecular formula is C14H16N2O. The Balaban J connectivity index is 2.26. The van der Waals surface area contributed by atoms with Crippen molar-refractivity contribution in [2.24, 2.45) is 0 Å². The molecule has 0 unspecified atom stereocenters. The van der Waals surface area contributed by atoms with Gasteiger partial charge in [0.05, 0.1) is 12.7 Å². The monoisotopic (exact) mass is 228 g/mol. The largest absolute Gasteiger partial charge is 0.268 e. The Kier molecular flexibility index (Phi) is 3.38. The zero-order valence-electron chi connectivity index (χ0n) is 10.1. The molecule has 1 aromatic heterocycles. The average molecular weight is 228 g/mol. The molecule has 0 spiro atoms. The molecule has 0 aliphatic rings. The first kappa shape index (κ1) is 11.6. The van der Waals surface area contributed by atoms with Gasteiger partial charge in [0.15, 0.2) is 0 Å². The molecule has 0 aliphatic carbocycles. The molecule has 88 valence electrons. The Bertz CT molecular complexity index is 544. The molecule has 3 heteroatoms. The second kappa shape index (κ2) is 4.95. The Labute approximate surface area is 101 Å². The van der Waals surface area contributed by atoms with E-state index in [1.54, 1.807) is 12.3 Å². The zero-order valence-corrected chi connectivity index (χ0v) is 10.1. The van der Waals surface area contributed by atoms with Crippen LogP contribution in [0.2, 0.25) is 0 Å². The van der Waals surface area contributed by atoms with Crippen LogP contribution in [0.1, 0.15) is 30.9 Å². The van der Waals surface area contributed by atoms with E-state index >= 15 is 0 Å². The van der Waals surface area contributed by atoms with E-state index in [-0.39, 0.29) is 5.56 Å². The molecule has 3 nitrogen and oxygen atoms in total. The van der Waals surface area contributed by atoms with Crippen molar-refractivity contribution >= 4 is 0 Å². The number of rotatable bonds is 3. The van der Waals surface area contributed by atoms with Crippen LogP contribution < -0.4 is 5.56 Å². The minimum absolute atomic E-state index is 0.0416. The first-order valence-electron chi connectivity index (χ1n) is 5.78. The Morgan fingerprint density at radius 2 is 1.94 bits per heavy atom. The van der Waals surface area contributed by atoms with Gasteiger partial charge in [0, 0.05) is 6.07 Å². The van der Waals surface area contributed by atoms with E-state index in [1.807, 2.05) is 30.3 Å². The summed E-state index contributed by atoms with van der Waals surface area (Å²) in [5, 5.41) is 4.20. The van der Waals surface area contributed by atoms with E-state index in [0.717, 1.165) is 11.1 Å². The van der Waals surface area contributed by atoms with Gasteiger partial charge in [-0.05, 0) is 17.0 Å². The summed E-state index contributed by atoms with van der Waals surface area (Å²) in [4.78, 5) is 11.8. The highest BCUT2D eigenvalue weighted by Crippen LogP contribution is 2.09. The van der Waals surface area contributed by atoms with Crippen LogP contribution in [0, 0.1) is 0 Å². The maximum atomic E-state index is 11.8. The lowest BCUT2D eigenvalue weighted by atomic mass is 10.1. The summed E-state index contributed by atoms with van der Waals surface area (Å²) < 4.78 is 1.49. The maximum Gasteiger partial charge on any atom is 0.267 e. The second-order valence-corrected chi connectivity index (χ2v) is 4.43. The van der Waals surface area contributed by atoms with Crippen molar-refractivity contribution in [3.05, 3.63) is 64.1 Å². The van der Waals surface area contributed by atoms with Gasteiger partial charge in [-0.1, -0.05) is 44.2 Å². The molecule has 2 aromatic rings. The van der Waals surface area contributed by atoms with Crippen molar-refractivity contribution < 1.29 is 0 Å². The molecule has 0 bridgehead atoms. The zero-order chi connectivity index (χ0) is 12.3. The highest BCUT2D eigenvalue weighted by atomic mass is 16.1. The third-order valence-electron chi connectivity index (χ3n) is 2.73. The fourth-order valence-electron chi connectivity index (χ4n) is 1.64. The van der Waals surface area contributed by atoms with Crippen LogP contribution in [-0.4, -0.2) is 9.78 Å². The second-order valence-electron chi connectivity index (χ2n) is 4.43. The minimum atomic E-state index is -0.0416. The van der Waals surface area contributed by atoms with Crippen molar-refractivity contribution in [1.29, 1.82) is 0 Å². The lowest BCUT2D eigenvalue weighted by Gasteiger charge is -2.07. The van der Waals surface area contributed by atoms with E-state index in [4.69, 9.17) is 0 Å². The first-order valence-corrected chi connectivity index (χ1v) is 5.78. The van der Waals surface area contributed by atoms with Crippen LogP contribution in [0.15, 0.2) is 47.4 Å². The van der Waals surface area contributed by atoms with E-state index in [1.165, 1.54) is 4.68 Å². The maximum absolute atomic E-state index is 11.8. The molecule has 1 aromatic carbocycles. The minimum Gasteiger partial charge on any atom is -0.268 e. The van der Waals surface area contributed by atoms with Gasteiger partial charge in [0.2, 0.25) is 0 Å². The quantitative estimate of drug-likeness (QED) is 0.808. The van der Waals surface area contributed by atoms with Crippen molar-refractivity contribution in [1.82, 2.24) is 9.78 Å². The molecule has 0 saturated carbocycles. The summed E-state index contributed by atoms with van der Waals surface area (Å²) in [6.07, 6.45) is 1.77. The molecule has 0 saturated heterocycles. The predicted octanol–water partition coefficient (Wildman–Crippen LogP) is 2.42. The van der Waals surface area contributed by atoms with E-state index < -0.39 is 0 Å². The van der Waals surface area contributed by atoms with Crippen LogP contribution in [-0.2, 0) is 6.54 Å². The van der Waals surface area contributed by atoms with Crippen molar-refractivity contribution in [3.63, 3.8) is 0 Å². The molecule has 0 radical (unpaired) electrons. The third kappa shape index (κ3) is 2.81. The van der Waals surface area contributed by atoms with Gasteiger partial charge in [-0.25, -0.2) is 4.68 Å². The number of benzene rings is 1. The molecule has 0 aliphatic heterocycles. The topological polar surface area (TPSA) is 34.9 Å². The summed E-state index contributed by atoms with van der Waals surface area (Å²) >= 11 is 0. The fourth-order valence-corrected chi connectivity index (χ4v) is 1.64. The normalized spacial score (nSPS) is 10.8. The van der Waals surface area contributed by atoms with E-state index in [9.17, 15) is 4.79 Å². The van der Waals surface area contributed by atoms with Crippen molar-refractivity contribution in [2.75, 3.05) is 0 Å². The first-order chi connectivity index (χ1) is 8.16. The lowest BCUT2D eigenvalue weighted by molar-refractivity contribution is 0.629. The third-order valence-corrected chi connectivity index (χ3v) is 2.73. The molecule has 0 fully saturated rings. The summed E-state index contributed by atoms with van der Waals surface area (Å²) in [6, 6.07) is 11.5. The molecule has 0 amide bonds. The fraction of sp³-hybridized carbons (Fsp3) is 0.286. The molecular weight excluding hydrogens is 212 g/mol. The summed E-state index contributed by atoms with van der Waals surface area (Å²) in [5.74, 6) is 0.335. The van der Waals surface area contributed by atoms with Crippen LogP contribution in [0.4, 0.5) is 0 Å². The number of hydrogen-bond acceptors (Lipinski definition) is 2. The van der Waals surface area contributed by atoms with E-state index in [2.05, 4.69) is 18.9 Å². The molecule has 0 atom stereocenters.